The van der Waals surface area contributed by atoms with Gasteiger partial charge >= 0.3 is 228 Å². The molecule has 18 aromatic rings. The summed E-state index contributed by atoms with van der Waals surface area (Å²) in [6.07, 6.45) is 44.1. The van der Waals surface area contributed by atoms with Gasteiger partial charge in [0.15, 0.2) is 0 Å². The number of pyridine rings is 3. The molecule has 0 saturated heterocycles. The molecule has 0 saturated carbocycles. The number of nitrogens with zero attached hydrogens (tertiary/aromatic N) is 8. The molecule has 12 nitrogen and oxygen atoms in total. The van der Waals surface area contributed by atoms with Crippen molar-refractivity contribution in [1.82, 2.24) is 36.8 Å². The molecule has 0 spiro atoms. The Morgan fingerprint density at radius 3 is 1.06 bits per heavy atom. The SMILES string of the molecule is CCCCC(CC)COc1c2c[c]([Sn]([CH3])([CH3])[CH3])sc2c(OCC(CC)CCCC)c2cc(C)sc12.CCCCCCc1ccc(-c2ccc(-c3ncc(-c4cc5c(OCC(CC)CCCC)c6sc(-c7cnc(-c8ccc(-c9ccc(CCCCCC)s9)s8)c8nsnc78)cc6c(OCC(CC)CCCC)c5s4)c4nscc34)s2)s1.CCCCCCc1ccc(-c2ccc(-c3ncc(Br)c4nsnc34)s2)s1. The molecule has 0 radical (unpaired) electrons. The van der Waals surface area contributed by atoms with Crippen LogP contribution < -0.4 is 21.8 Å². The van der Waals surface area contributed by atoms with Crippen molar-refractivity contribution in [3.05, 3.63) is 145 Å². The molecular weight excluding hydrogens is 2160 g/mol. The molecule has 4 atom stereocenters. The fourth-order valence-electron chi connectivity index (χ4n) is 18.3. The van der Waals surface area contributed by atoms with Gasteiger partial charge in [-0.05, 0) is 176 Å². The average molecular weight is 2300 g/mol. The molecule has 0 N–H and O–H groups in total. The van der Waals surface area contributed by atoms with Gasteiger partial charge in [0.1, 0.15) is 45.0 Å². The third kappa shape index (κ3) is 26.4. The molecule has 16 heterocycles. The first kappa shape index (κ1) is 108. The van der Waals surface area contributed by atoms with Crippen molar-refractivity contribution in [2.24, 2.45) is 23.7 Å². The Morgan fingerprint density at radius 2 is 0.645 bits per heavy atom. The zero-order chi connectivity index (χ0) is 98.5. The number of rotatable bonds is 52. The smallest absolute Gasteiger partial charge is 0.146 e. The van der Waals surface area contributed by atoms with Crippen molar-refractivity contribution in [3.8, 4) is 105 Å². The second-order valence-corrected chi connectivity index (χ2v) is 68.0. The molecule has 0 aliphatic heterocycles. The topological polar surface area (TPSA) is 140 Å². The van der Waals surface area contributed by atoms with Crippen molar-refractivity contribution in [3.63, 3.8) is 0 Å². The van der Waals surface area contributed by atoms with Crippen LogP contribution in [0.1, 0.15) is 275 Å². The number of fused-ring (bicyclic) bond motifs is 7. The largest absolute Gasteiger partial charge is 0.491 e. The Hall–Kier alpha value is -6.06. The first-order valence-corrected chi connectivity index (χ1v) is 73.4. The van der Waals surface area contributed by atoms with Gasteiger partial charge in [-0.1, -0.05) is 145 Å². The maximum atomic E-state index is 7.27. The van der Waals surface area contributed by atoms with E-state index in [1.165, 1.54) is 269 Å². The van der Waals surface area contributed by atoms with Crippen LogP contribution in [0.2, 0.25) is 14.8 Å². The van der Waals surface area contributed by atoms with Crippen LogP contribution in [0.4, 0.5) is 0 Å². The van der Waals surface area contributed by atoms with Gasteiger partial charge in [-0.15, -0.1) is 90.7 Å². The summed E-state index contributed by atoms with van der Waals surface area (Å²) >= 11 is 23.9. The molecule has 0 aliphatic rings. The Kier molecular flexibility index (Phi) is 40.2. The van der Waals surface area contributed by atoms with E-state index in [0.29, 0.717) is 36.9 Å². The second-order valence-electron chi connectivity index (χ2n) is 38.9. The molecular formula is C114H139BrN8O4S13Sn. The molecule has 0 bridgehead atoms. The fourth-order valence-corrected chi connectivity index (χ4v) is 36.8. The van der Waals surface area contributed by atoms with E-state index in [9.17, 15) is 0 Å². The first-order chi connectivity index (χ1) is 68.9. The monoisotopic (exact) mass is 2300 g/mol. The van der Waals surface area contributed by atoms with Crippen LogP contribution in [0.5, 0.6) is 23.0 Å². The number of halogens is 1. The van der Waals surface area contributed by atoms with Gasteiger partial charge in [0.05, 0.1) is 76.4 Å². The van der Waals surface area contributed by atoms with Crippen LogP contribution in [-0.2, 0) is 19.3 Å². The van der Waals surface area contributed by atoms with E-state index in [0.717, 1.165) is 180 Å². The van der Waals surface area contributed by atoms with Crippen LogP contribution in [0.3, 0.4) is 0 Å². The van der Waals surface area contributed by atoms with E-state index in [2.05, 4.69) is 236 Å². The van der Waals surface area contributed by atoms with E-state index < -0.39 is 18.4 Å². The molecule has 18 rings (SSSR count). The van der Waals surface area contributed by atoms with Crippen LogP contribution in [0, 0.1) is 30.6 Å². The number of ether oxygens (including phenoxy) is 4. The van der Waals surface area contributed by atoms with Gasteiger partial charge in [0.25, 0.3) is 0 Å². The predicted octanol–water partition coefficient (Wildman–Crippen LogP) is 40.8. The van der Waals surface area contributed by atoms with Crippen LogP contribution in [0.15, 0.2) is 126 Å². The Bertz CT molecular complexity index is 6660. The average Bonchev–Trinajstić information content (AvgIpc) is 1.57. The van der Waals surface area contributed by atoms with E-state index in [1.54, 1.807) is 48.2 Å². The molecule has 141 heavy (non-hydrogen) atoms. The Labute approximate surface area is 901 Å². The molecule has 0 amide bonds. The van der Waals surface area contributed by atoms with Gasteiger partial charge in [-0.2, -0.15) is 21.9 Å². The van der Waals surface area contributed by atoms with Gasteiger partial charge < -0.3 is 9.47 Å². The van der Waals surface area contributed by atoms with Crippen molar-refractivity contribution in [1.29, 1.82) is 0 Å². The quantitative estimate of drug-likeness (QED) is 0.0265. The third-order valence-electron chi connectivity index (χ3n) is 27.2. The van der Waals surface area contributed by atoms with Crippen LogP contribution in [-0.4, -0.2) is 81.6 Å². The van der Waals surface area contributed by atoms with Crippen molar-refractivity contribution in [2.45, 2.75) is 297 Å². The van der Waals surface area contributed by atoms with E-state index in [1.807, 2.05) is 80.4 Å². The zero-order valence-electron chi connectivity index (χ0n) is 85.0. The van der Waals surface area contributed by atoms with E-state index in [4.69, 9.17) is 42.0 Å². The van der Waals surface area contributed by atoms with Crippen molar-refractivity contribution in [2.75, 3.05) is 26.4 Å². The predicted molar refractivity (Wildman–Crippen MR) is 634 cm³/mol. The number of hydrogen-bond donors (Lipinski definition) is 0. The first-order valence-electron chi connectivity index (χ1n) is 52.1. The maximum Gasteiger partial charge on any atom is 0.146 e. The zero-order valence-corrected chi connectivity index (χ0v) is 100. The summed E-state index contributed by atoms with van der Waals surface area (Å²) in [5.74, 6) is 6.24. The molecule has 2 aromatic carbocycles. The van der Waals surface area contributed by atoms with Gasteiger partial charge in [0.2, 0.25) is 0 Å². The molecule has 16 aromatic heterocycles. The molecule has 4 unspecified atom stereocenters. The number of aromatic nitrogens is 8. The van der Waals surface area contributed by atoms with Crippen LogP contribution >= 0.6 is 164 Å². The Balaban J connectivity index is 0.000000191. The third-order valence-corrected chi connectivity index (χ3v) is 50.7. The Morgan fingerprint density at radius 1 is 0.305 bits per heavy atom. The number of hydrogen-bond acceptors (Lipinski definition) is 25. The summed E-state index contributed by atoms with van der Waals surface area (Å²) in [7, 11) is 0. The minimum Gasteiger partial charge on any atom is -0.491 e. The maximum absolute atomic E-state index is 7.27. The number of thiophene rings is 10. The normalized spacial score (nSPS) is 12.9. The van der Waals surface area contributed by atoms with Crippen molar-refractivity contribution < 1.29 is 18.9 Å². The fraction of sp³-hybridized carbons (Fsp3) is 0.474. The van der Waals surface area contributed by atoms with Crippen LogP contribution in [0.25, 0.3) is 155 Å². The summed E-state index contributed by atoms with van der Waals surface area (Å²) in [5.41, 5.74) is 9.31. The van der Waals surface area contributed by atoms with Gasteiger partial charge in [0, 0.05) is 105 Å². The van der Waals surface area contributed by atoms with Crippen molar-refractivity contribution >= 4 is 259 Å². The summed E-state index contributed by atoms with van der Waals surface area (Å²) in [5, 5.41) is 8.00. The summed E-state index contributed by atoms with van der Waals surface area (Å²) in [4.78, 5) is 41.9. The molecule has 748 valence electrons. The minimum absolute atomic E-state index is 0.451. The second kappa shape index (κ2) is 52.7. The standard InChI is InChI=1S/C65H73N5O2S8.C27H39O2S2.C19H18BrN3S3.3CH3.Sn/c1-7-13-17-19-23-42-25-27-49(74-42)51-29-31-53(76-51)58-48-39-73-68-57(48)46(35-66-58)55-33-44-62(71-37-40(11-5)21-15-9-3)65-45(63(64(44)78-55)72-38-41(12-6)22-16-10-4)34-56(79-65)47-36-67-60(61-59(47)69-80-70-61)54-32-30-52(77-54)50-28-26-43(75-50)24-20-18-14-8-2;1-6-10-12-20(8-3)17-28-24-22-14-15-30-26(22)25(23-16-19(5)31-27(23)24)29-18-21(9-4)13-11-7-2;1-2-3-4-5-6-12-7-8-14(24-12)15-9-10-16(25-15)18-19-17(22-26-23-19)13(20)11-21-18;;;;/h25-36,39-41H,7-24,37-38H2,1-6H3;14,16,20-21H,6-13,17-18H2,1-5H3;7-11H,2-6H2,1H3;3*1H3;. The summed E-state index contributed by atoms with van der Waals surface area (Å²) < 4.78 is 59.2. The minimum atomic E-state index is -2.25. The molecule has 27 heteroatoms. The summed E-state index contributed by atoms with van der Waals surface area (Å²) in [6, 6.07) is 36.6. The number of benzene rings is 2. The van der Waals surface area contributed by atoms with Gasteiger partial charge in [-0.25, -0.2) is 0 Å². The summed E-state index contributed by atoms with van der Waals surface area (Å²) in [6.45, 7) is 30.3. The number of aryl methyl sites for hydroxylation is 4. The van der Waals surface area contributed by atoms with E-state index in [-0.39, 0.29) is 0 Å². The molecule has 0 aliphatic carbocycles. The van der Waals surface area contributed by atoms with Gasteiger partial charge in [-0.3, -0.25) is 15.0 Å². The van der Waals surface area contributed by atoms with E-state index >= 15 is 0 Å². The number of unbranched alkanes of at least 4 members (excludes halogenated alkanes) is 13. The molecule has 0 fully saturated rings.